The number of unbranched alkanes of at least 4 members (excludes halogenated alkanes) is 3. The lowest BCUT2D eigenvalue weighted by molar-refractivity contribution is -0.137. The summed E-state index contributed by atoms with van der Waals surface area (Å²) >= 11 is 0. The maximum Gasteiger partial charge on any atom is 0.342 e. The molecule has 7 heteroatoms. The number of fused-ring (bicyclic) bond motifs is 1. The molecule has 0 atom stereocenters. The summed E-state index contributed by atoms with van der Waals surface area (Å²) in [5.41, 5.74) is 5.21. The highest BCUT2D eigenvalue weighted by Gasteiger charge is 2.18. The molecule has 0 saturated carbocycles. The first-order valence-corrected chi connectivity index (χ1v) is 16.9. The molecule has 0 fully saturated rings. The van der Waals surface area contributed by atoms with Gasteiger partial charge < -0.3 is 18.9 Å². The first kappa shape index (κ1) is 36.5. The number of nitriles is 1. The summed E-state index contributed by atoms with van der Waals surface area (Å²) in [5, 5.41) is 10.5. The normalized spacial score (nSPS) is 10.1. The van der Waals surface area contributed by atoms with E-state index in [9.17, 15) is 9.59 Å². The third-order valence-corrected chi connectivity index (χ3v) is 8.01. The van der Waals surface area contributed by atoms with Crippen LogP contribution in [0.25, 0.3) is 10.8 Å². The molecule has 0 N–H and O–H groups in total. The number of benzene rings is 5. The van der Waals surface area contributed by atoms with Crippen molar-refractivity contribution in [3.05, 3.63) is 155 Å². The lowest BCUT2D eigenvalue weighted by atomic mass is 10.0. The Morgan fingerprint density at radius 3 is 1.88 bits per heavy atom. The van der Waals surface area contributed by atoms with Gasteiger partial charge in [0.2, 0.25) is 0 Å². The van der Waals surface area contributed by atoms with Gasteiger partial charge in [-0.05, 0) is 115 Å². The van der Waals surface area contributed by atoms with Crippen molar-refractivity contribution in [1.29, 1.82) is 5.26 Å². The van der Waals surface area contributed by atoms with E-state index in [4.69, 9.17) is 24.2 Å². The topological polar surface area (TPSA) is 94.8 Å². The second-order valence-corrected chi connectivity index (χ2v) is 11.7. The molecule has 0 radical (unpaired) electrons. The van der Waals surface area contributed by atoms with Crippen molar-refractivity contribution in [2.45, 2.75) is 32.3 Å². The second kappa shape index (κ2) is 18.9. The molecule has 0 amide bonds. The van der Waals surface area contributed by atoms with Crippen LogP contribution in [-0.4, -0.2) is 32.3 Å². The van der Waals surface area contributed by atoms with E-state index in [1.165, 1.54) is 13.2 Å². The Bertz CT molecular complexity index is 2190. The van der Waals surface area contributed by atoms with Crippen LogP contribution in [0.3, 0.4) is 0 Å². The molecule has 258 valence electrons. The Hall–Kier alpha value is -6.75. The first-order chi connectivity index (χ1) is 25.4. The highest BCUT2D eigenvalue weighted by Crippen LogP contribution is 2.30. The first-order valence-electron chi connectivity index (χ1n) is 16.9. The zero-order chi connectivity index (χ0) is 36.5. The highest BCUT2D eigenvalue weighted by molar-refractivity contribution is 6.07. The number of rotatable bonds is 13. The van der Waals surface area contributed by atoms with Crippen LogP contribution in [0.1, 0.15) is 69.4 Å². The van der Waals surface area contributed by atoms with Gasteiger partial charge in [-0.1, -0.05) is 54.5 Å². The Morgan fingerprint density at radius 2 is 1.25 bits per heavy atom. The summed E-state index contributed by atoms with van der Waals surface area (Å²) < 4.78 is 22.1. The number of hydrogen-bond donors (Lipinski definition) is 0. The van der Waals surface area contributed by atoms with E-state index < -0.39 is 5.97 Å². The Morgan fingerprint density at radius 1 is 0.673 bits per heavy atom. The standard InChI is InChI=1S/C45H37NO6/c1-3-43(47)51-29-7-5-4-6-28-50-40-24-20-35(21-25-40)10-15-36-22-26-41-39(30-36)23-27-42(44(41)45(48)49-2)52-32-38-18-13-34(14-19-38)9-8-33-11-16-37(31-46)17-12-33/h3,11-14,16-27,30H,1,4-7,28-29,32H2,2H3. The number of ether oxygens (including phenoxy) is 4. The van der Waals surface area contributed by atoms with Gasteiger partial charge in [0.15, 0.2) is 0 Å². The monoisotopic (exact) mass is 687 g/mol. The maximum absolute atomic E-state index is 12.9. The minimum atomic E-state index is -0.485. The van der Waals surface area contributed by atoms with Gasteiger partial charge in [-0.15, -0.1) is 0 Å². The largest absolute Gasteiger partial charge is 0.494 e. The second-order valence-electron chi connectivity index (χ2n) is 11.7. The van der Waals surface area contributed by atoms with Crippen LogP contribution in [0.15, 0.2) is 116 Å². The van der Waals surface area contributed by atoms with E-state index >= 15 is 0 Å². The molecule has 0 aromatic heterocycles. The maximum atomic E-state index is 12.9. The van der Waals surface area contributed by atoms with E-state index in [1.807, 2.05) is 84.9 Å². The van der Waals surface area contributed by atoms with Crippen LogP contribution in [0.5, 0.6) is 11.5 Å². The van der Waals surface area contributed by atoms with Crippen molar-refractivity contribution in [3.63, 3.8) is 0 Å². The molecular formula is C45H37NO6. The molecule has 0 heterocycles. The van der Waals surface area contributed by atoms with Crippen LogP contribution < -0.4 is 9.47 Å². The van der Waals surface area contributed by atoms with Crippen LogP contribution in [0, 0.1) is 35.0 Å². The van der Waals surface area contributed by atoms with Crippen LogP contribution >= 0.6 is 0 Å². The zero-order valence-corrected chi connectivity index (χ0v) is 28.9. The van der Waals surface area contributed by atoms with E-state index in [0.717, 1.165) is 64.6 Å². The van der Waals surface area contributed by atoms with Crippen molar-refractivity contribution in [1.82, 2.24) is 0 Å². The number of carbonyl (C=O) groups is 2. The molecular weight excluding hydrogens is 650 g/mol. The Kier molecular flexibility index (Phi) is 13.2. The quantitative estimate of drug-likeness (QED) is 0.0530. The number of esters is 2. The Balaban J connectivity index is 1.17. The molecule has 7 nitrogen and oxygen atoms in total. The fraction of sp³-hybridized carbons (Fsp3) is 0.178. The third kappa shape index (κ3) is 10.6. The molecule has 5 rings (SSSR count). The summed E-state index contributed by atoms with van der Waals surface area (Å²) in [6.45, 7) is 4.66. The van der Waals surface area contributed by atoms with Gasteiger partial charge in [-0.3, -0.25) is 0 Å². The summed E-state index contributed by atoms with van der Waals surface area (Å²) in [6.07, 6.45) is 4.87. The van der Waals surface area contributed by atoms with Crippen molar-refractivity contribution in [2.24, 2.45) is 0 Å². The van der Waals surface area contributed by atoms with E-state index in [2.05, 4.69) is 36.3 Å². The van der Waals surface area contributed by atoms with Crippen molar-refractivity contribution < 1.29 is 28.5 Å². The molecule has 0 saturated heterocycles. The minimum Gasteiger partial charge on any atom is -0.494 e. The summed E-state index contributed by atoms with van der Waals surface area (Å²) in [5.74, 6) is 13.0. The van der Waals surface area contributed by atoms with Crippen molar-refractivity contribution >= 4 is 22.7 Å². The van der Waals surface area contributed by atoms with Gasteiger partial charge in [-0.2, -0.15) is 5.26 Å². The van der Waals surface area contributed by atoms with Gasteiger partial charge in [0.25, 0.3) is 0 Å². The van der Waals surface area contributed by atoms with Crippen molar-refractivity contribution in [3.8, 4) is 41.2 Å². The minimum absolute atomic E-state index is 0.253. The van der Waals surface area contributed by atoms with Crippen LogP contribution in [0.2, 0.25) is 0 Å². The SMILES string of the molecule is C=CC(=O)OCCCCCCOc1ccc(C#Cc2ccc3c(C(=O)OC)c(OCc4ccc(C#Cc5ccc(C#N)cc5)cc4)ccc3c2)cc1. The van der Waals surface area contributed by atoms with E-state index in [1.54, 1.807) is 18.2 Å². The predicted molar refractivity (Wildman–Crippen MR) is 201 cm³/mol. The van der Waals surface area contributed by atoms with Crippen LogP contribution in [-0.2, 0) is 20.9 Å². The molecule has 0 aliphatic rings. The number of methoxy groups -OCH3 is 1. The average Bonchev–Trinajstić information content (AvgIpc) is 3.19. The average molecular weight is 688 g/mol. The third-order valence-electron chi connectivity index (χ3n) is 8.01. The fourth-order valence-corrected chi connectivity index (χ4v) is 5.20. The van der Waals surface area contributed by atoms with Gasteiger partial charge >= 0.3 is 11.9 Å². The molecule has 0 bridgehead atoms. The summed E-state index contributed by atoms with van der Waals surface area (Å²) in [7, 11) is 1.35. The highest BCUT2D eigenvalue weighted by atomic mass is 16.5. The number of carbonyl (C=O) groups excluding carboxylic acids is 2. The van der Waals surface area contributed by atoms with Gasteiger partial charge in [-0.25, -0.2) is 9.59 Å². The molecule has 0 aliphatic carbocycles. The molecule has 0 aliphatic heterocycles. The fourth-order valence-electron chi connectivity index (χ4n) is 5.20. The lowest BCUT2D eigenvalue weighted by Crippen LogP contribution is -2.07. The molecule has 5 aromatic carbocycles. The zero-order valence-electron chi connectivity index (χ0n) is 28.9. The van der Waals surface area contributed by atoms with Crippen LogP contribution in [0.4, 0.5) is 0 Å². The predicted octanol–water partition coefficient (Wildman–Crippen LogP) is 8.55. The Labute approximate surface area is 304 Å². The van der Waals surface area contributed by atoms with E-state index in [0.29, 0.717) is 35.5 Å². The number of nitrogens with zero attached hydrogens (tertiary/aromatic N) is 1. The summed E-state index contributed by atoms with van der Waals surface area (Å²) in [6, 6.07) is 34.0. The number of hydrogen-bond acceptors (Lipinski definition) is 7. The van der Waals surface area contributed by atoms with Gasteiger partial charge in [0, 0.05) is 33.7 Å². The van der Waals surface area contributed by atoms with Crippen molar-refractivity contribution in [2.75, 3.05) is 20.3 Å². The molecule has 0 spiro atoms. The van der Waals surface area contributed by atoms with Gasteiger partial charge in [0.1, 0.15) is 23.7 Å². The van der Waals surface area contributed by atoms with Gasteiger partial charge in [0.05, 0.1) is 32.0 Å². The lowest BCUT2D eigenvalue weighted by Gasteiger charge is -2.13. The molecule has 5 aromatic rings. The smallest absolute Gasteiger partial charge is 0.342 e. The molecule has 52 heavy (non-hydrogen) atoms. The van der Waals surface area contributed by atoms with E-state index in [-0.39, 0.29) is 12.6 Å². The summed E-state index contributed by atoms with van der Waals surface area (Å²) in [4.78, 5) is 24.0. The molecule has 0 unspecified atom stereocenters.